The highest BCUT2D eigenvalue weighted by Crippen LogP contribution is 2.33. The Morgan fingerprint density at radius 2 is 1.13 bits per heavy atom. The van der Waals surface area contributed by atoms with Crippen molar-refractivity contribution in [2.45, 2.75) is 19.6 Å². The quantitative estimate of drug-likeness (QED) is 0.507. The predicted octanol–water partition coefficient (Wildman–Crippen LogP) is 5.45. The van der Waals surface area contributed by atoms with Crippen molar-refractivity contribution in [3.8, 4) is 0 Å². The second-order valence-electron chi connectivity index (χ2n) is 4.30. The fourth-order valence-corrected chi connectivity index (χ4v) is 4.04. The molecule has 23 heavy (non-hydrogen) atoms. The number of benzene rings is 2. The van der Waals surface area contributed by atoms with Crippen molar-refractivity contribution in [3.63, 3.8) is 0 Å². The van der Waals surface area contributed by atoms with Crippen LogP contribution in [0.1, 0.15) is 0 Å². The maximum Gasteiger partial charge on any atom is 0.216 e. The van der Waals surface area contributed by atoms with Gasteiger partial charge < -0.3 is 0 Å². The van der Waals surface area contributed by atoms with E-state index in [0.29, 0.717) is 0 Å². The van der Waals surface area contributed by atoms with Gasteiger partial charge in [0.2, 0.25) is 10.2 Å². The van der Waals surface area contributed by atoms with Crippen molar-refractivity contribution in [3.05, 3.63) is 73.8 Å². The summed E-state index contributed by atoms with van der Waals surface area (Å²) < 4.78 is 0. The summed E-state index contributed by atoms with van der Waals surface area (Å²) >= 11 is 3.89. The minimum atomic E-state index is -0.0755. The zero-order chi connectivity index (χ0) is 16.7. The van der Waals surface area contributed by atoms with Crippen molar-refractivity contribution in [2.24, 2.45) is 0 Å². The number of hydrogen-bond donors (Lipinski definition) is 0. The summed E-state index contributed by atoms with van der Waals surface area (Å²) in [6.45, 7) is 6.95. The third kappa shape index (κ3) is 5.78. The lowest BCUT2D eigenvalue weighted by Crippen LogP contribution is -1.85. The summed E-state index contributed by atoms with van der Waals surface area (Å²) in [5, 5.41) is -0.151. The van der Waals surface area contributed by atoms with E-state index in [-0.39, 0.29) is 10.2 Å². The van der Waals surface area contributed by atoms with Gasteiger partial charge in [-0.15, -0.1) is 0 Å². The molecule has 0 amide bonds. The third-order valence-electron chi connectivity index (χ3n) is 2.62. The SMILES string of the molecule is C=CC(=O)Sc1cccc(Sc2cccc(SC(=O)C=C)c2)c1. The topological polar surface area (TPSA) is 34.1 Å². The molecule has 0 N–H and O–H groups in total. The van der Waals surface area contributed by atoms with E-state index in [0.717, 1.165) is 43.1 Å². The summed E-state index contributed by atoms with van der Waals surface area (Å²) in [4.78, 5) is 26.7. The molecular formula is C18H14O2S3. The maximum absolute atomic E-state index is 11.4. The molecule has 0 saturated heterocycles. The Balaban J connectivity index is 2.12. The molecule has 2 aromatic rings. The van der Waals surface area contributed by atoms with E-state index in [1.807, 2.05) is 48.5 Å². The number of carbonyl (C=O) groups excluding carboxylic acids is 2. The first kappa shape index (κ1) is 17.7. The van der Waals surface area contributed by atoms with Gasteiger partial charge in [-0.25, -0.2) is 0 Å². The molecule has 5 heteroatoms. The maximum atomic E-state index is 11.4. The van der Waals surface area contributed by atoms with Crippen LogP contribution in [0.25, 0.3) is 0 Å². The van der Waals surface area contributed by atoms with Crippen molar-refractivity contribution < 1.29 is 9.59 Å². The van der Waals surface area contributed by atoms with Gasteiger partial charge in [0, 0.05) is 19.6 Å². The Morgan fingerprint density at radius 3 is 1.52 bits per heavy atom. The van der Waals surface area contributed by atoms with Gasteiger partial charge in [0.15, 0.2) is 0 Å². The van der Waals surface area contributed by atoms with Crippen LogP contribution in [0.3, 0.4) is 0 Å². The Hall–Kier alpha value is -1.69. The van der Waals surface area contributed by atoms with Crippen molar-refractivity contribution >= 4 is 45.5 Å². The highest BCUT2D eigenvalue weighted by Gasteiger charge is 2.05. The molecule has 0 aliphatic carbocycles. The molecular weight excluding hydrogens is 344 g/mol. The Kier molecular flexibility index (Phi) is 6.77. The minimum absolute atomic E-state index is 0.0755. The smallest absolute Gasteiger partial charge is 0.216 e. The number of hydrogen-bond acceptors (Lipinski definition) is 5. The molecule has 0 aliphatic heterocycles. The van der Waals surface area contributed by atoms with E-state index in [4.69, 9.17) is 0 Å². The average molecular weight is 359 g/mol. The van der Waals surface area contributed by atoms with Gasteiger partial charge >= 0.3 is 0 Å². The monoisotopic (exact) mass is 358 g/mol. The molecule has 0 atom stereocenters. The molecule has 0 heterocycles. The van der Waals surface area contributed by atoms with Crippen LogP contribution in [0.15, 0.2) is 93.4 Å². The predicted molar refractivity (Wildman–Crippen MR) is 99.1 cm³/mol. The van der Waals surface area contributed by atoms with E-state index in [1.165, 1.54) is 12.2 Å². The molecule has 0 spiro atoms. The molecule has 116 valence electrons. The molecule has 0 aromatic heterocycles. The van der Waals surface area contributed by atoms with Gasteiger partial charge in [-0.05, 0) is 72.1 Å². The molecule has 2 rings (SSSR count). The zero-order valence-corrected chi connectivity index (χ0v) is 14.7. The molecule has 0 radical (unpaired) electrons. The summed E-state index contributed by atoms with van der Waals surface area (Å²) in [5.74, 6) is 0. The van der Waals surface area contributed by atoms with Crippen LogP contribution < -0.4 is 0 Å². The van der Waals surface area contributed by atoms with E-state index in [2.05, 4.69) is 13.2 Å². The lowest BCUT2D eigenvalue weighted by atomic mass is 10.4. The van der Waals surface area contributed by atoms with Gasteiger partial charge in [-0.2, -0.15) is 0 Å². The van der Waals surface area contributed by atoms with Crippen molar-refractivity contribution in [1.29, 1.82) is 0 Å². The van der Waals surface area contributed by atoms with Crippen LogP contribution in [0.5, 0.6) is 0 Å². The lowest BCUT2D eigenvalue weighted by Gasteiger charge is -2.05. The fourth-order valence-electron chi connectivity index (χ4n) is 1.65. The first-order chi connectivity index (χ1) is 11.1. The van der Waals surface area contributed by atoms with Gasteiger partial charge in [0.1, 0.15) is 0 Å². The first-order valence-corrected chi connectivity index (χ1v) is 9.12. The molecule has 0 unspecified atom stereocenters. The lowest BCUT2D eigenvalue weighted by molar-refractivity contribution is -0.107. The number of carbonyl (C=O) groups is 2. The van der Waals surface area contributed by atoms with Crippen LogP contribution in [0.2, 0.25) is 0 Å². The largest absolute Gasteiger partial charge is 0.282 e. The molecule has 2 nitrogen and oxygen atoms in total. The normalized spacial score (nSPS) is 10.1. The Labute approximate surface area is 148 Å². The van der Waals surface area contributed by atoms with Crippen LogP contribution in [-0.4, -0.2) is 10.2 Å². The molecule has 0 fully saturated rings. The summed E-state index contributed by atoms with van der Waals surface area (Å²) in [5.41, 5.74) is 0. The highest BCUT2D eigenvalue weighted by molar-refractivity contribution is 8.14. The molecule has 0 aliphatic rings. The first-order valence-electron chi connectivity index (χ1n) is 6.67. The van der Waals surface area contributed by atoms with Crippen LogP contribution >= 0.6 is 35.3 Å². The van der Waals surface area contributed by atoms with E-state index >= 15 is 0 Å². The molecule has 0 saturated carbocycles. The number of rotatable bonds is 6. The fraction of sp³-hybridized carbons (Fsp3) is 0. The van der Waals surface area contributed by atoms with E-state index in [1.54, 1.807) is 11.8 Å². The summed E-state index contributed by atoms with van der Waals surface area (Å²) in [6, 6.07) is 15.5. The van der Waals surface area contributed by atoms with Gasteiger partial charge in [0.25, 0.3) is 0 Å². The second-order valence-corrected chi connectivity index (χ2v) is 7.60. The van der Waals surface area contributed by atoms with Crippen LogP contribution in [0, 0.1) is 0 Å². The highest BCUT2D eigenvalue weighted by atomic mass is 32.2. The van der Waals surface area contributed by atoms with E-state index < -0.39 is 0 Å². The van der Waals surface area contributed by atoms with Crippen LogP contribution in [0.4, 0.5) is 0 Å². The van der Waals surface area contributed by atoms with Gasteiger partial charge in [-0.3, -0.25) is 9.59 Å². The van der Waals surface area contributed by atoms with Crippen LogP contribution in [-0.2, 0) is 9.59 Å². The molecule has 0 bridgehead atoms. The minimum Gasteiger partial charge on any atom is -0.282 e. The molecule has 2 aromatic carbocycles. The third-order valence-corrected chi connectivity index (χ3v) is 5.31. The summed E-state index contributed by atoms with van der Waals surface area (Å²) in [7, 11) is 0. The van der Waals surface area contributed by atoms with Gasteiger partial charge in [-0.1, -0.05) is 37.1 Å². The van der Waals surface area contributed by atoms with Crippen molar-refractivity contribution in [2.75, 3.05) is 0 Å². The second kappa shape index (κ2) is 8.82. The Bertz CT molecular complexity index is 690. The summed E-state index contributed by atoms with van der Waals surface area (Å²) in [6.07, 6.45) is 2.61. The zero-order valence-electron chi connectivity index (χ0n) is 12.2. The van der Waals surface area contributed by atoms with E-state index in [9.17, 15) is 9.59 Å². The Morgan fingerprint density at radius 1 is 0.739 bits per heavy atom. The standard InChI is InChI=1S/C18H14O2S3/c1-3-17(19)22-15-9-5-7-13(11-15)21-14-8-6-10-16(12-14)23-18(20)4-2/h3-12H,1-2H2. The van der Waals surface area contributed by atoms with Crippen molar-refractivity contribution in [1.82, 2.24) is 0 Å². The number of thioether (sulfide) groups is 2. The van der Waals surface area contributed by atoms with Gasteiger partial charge in [0.05, 0.1) is 0 Å². The average Bonchev–Trinajstić information content (AvgIpc) is 2.55.